The van der Waals surface area contributed by atoms with Crippen molar-refractivity contribution in [3.8, 4) is 0 Å². The molecule has 0 bridgehead atoms. The molecule has 1 aliphatic heterocycles. The summed E-state index contributed by atoms with van der Waals surface area (Å²) < 4.78 is 3.48. The third kappa shape index (κ3) is 3.22. The monoisotopic (exact) mass is 449 g/mol. The summed E-state index contributed by atoms with van der Waals surface area (Å²) in [4.78, 5) is 41.6. The van der Waals surface area contributed by atoms with Crippen LogP contribution in [0.15, 0.2) is 29.5 Å². The van der Waals surface area contributed by atoms with Crippen molar-refractivity contribution in [3.63, 3.8) is 0 Å². The Morgan fingerprint density at radius 2 is 1.85 bits per heavy atom. The SMILES string of the molecule is Cc1cc(Nc2cc(N)ncn2)c(=O)n2c1C(=O)N(Cc1cnc(N)n1C)C21CCCCC1. The van der Waals surface area contributed by atoms with Gasteiger partial charge in [0.15, 0.2) is 5.95 Å². The lowest BCUT2D eigenvalue weighted by Crippen LogP contribution is -2.51. The summed E-state index contributed by atoms with van der Waals surface area (Å²) in [5.41, 5.74) is 13.0. The Bertz CT molecular complexity index is 1300. The highest BCUT2D eigenvalue weighted by Gasteiger charge is 2.51. The van der Waals surface area contributed by atoms with Crippen LogP contribution in [0.2, 0.25) is 0 Å². The zero-order chi connectivity index (χ0) is 23.3. The van der Waals surface area contributed by atoms with Crippen molar-refractivity contribution >= 4 is 29.2 Å². The summed E-state index contributed by atoms with van der Waals surface area (Å²) in [5, 5.41) is 3.07. The lowest BCUT2D eigenvalue weighted by Gasteiger charge is -2.42. The van der Waals surface area contributed by atoms with Crippen molar-refractivity contribution < 1.29 is 4.79 Å². The number of imidazole rings is 1. The van der Waals surface area contributed by atoms with Crippen molar-refractivity contribution in [1.29, 1.82) is 0 Å². The molecular weight excluding hydrogens is 422 g/mol. The Labute approximate surface area is 190 Å². The van der Waals surface area contributed by atoms with E-state index in [0.717, 1.165) is 30.5 Å². The number of aromatic nitrogens is 5. The number of carbonyl (C=O) groups is 1. The fourth-order valence-corrected chi connectivity index (χ4v) is 5.11. The molecule has 33 heavy (non-hydrogen) atoms. The van der Waals surface area contributed by atoms with E-state index in [1.165, 1.54) is 6.33 Å². The van der Waals surface area contributed by atoms with E-state index in [0.29, 0.717) is 48.4 Å². The number of anilines is 4. The van der Waals surface area contributed by atoms with Gasteiger partial charge in [0.25, 0.3) is 11.5 Å². The maximum absolute atomic E-state index is 13.8. The van der Waals surface area contributed by atoms with Gasteiger partial charge in [0.2, 0.25) is 0 Å². The standard InChI is InChI=1S/C22H27N9O2/c1-13-8-15(28-17-9-16(23)26-12-27-17)19(32)31-18(13)20(33)30(22(31)6-4-3-5-7-22)11-14-10-25-21(24)29(14)2/h8-10,12H,3-7,11H2,1-2H3,(H2,24,25)(H3,23,26,27,28). The molecule has 1 aliphatic carbocycles. The molecule has 2 aliphatic rings. The van der Waals surface area contributed by atoms with Gasteiger partial charge in [-0.15, -0.1) is 0 Å². The quantitative estimate of drug-likeness (QED) is 0.546. The van der Waals surface area contributed by atoms with Crippen LogP contribution in [-0.4, -0.2) is 34.9 Å². The zero-order valence-electron chi connectivity index (χ0n) is 18.7. The number of pyridine rings is 1. The van der Waals surface area contributed by atoms with Crippen molar-refractivity contribution in [2.45, 2.75) is 51.2 Å². The van der Waals surface area contributed by atoms with E-state index >= 15 is 0 Å². The molecule has 11 nitrogen and oxygen atoms in total. The van der Waals surface area contributed by atoms with Gasteiger partial charge in [-0.05, 0) is 44.2 Å². The van der Waals surface area contributed by atoms with Crippen LogP contribution < -0.4 is 22.3 Å². The average molecular weight is 450 g/mol. The molecule has 0 unspecified atom stereocenters. The van der Waals surface area contributed by atoms with E-state index in [1.54, 1.807) is 27.5 Å². The number of aryl methyl sites for hydroxylation is 1. The summed E-state index contributed by atoms with van der Waals surface area (Å²) >= 11 is 0. The summed E-state index contributed by atoms with van der Waals surface area (Å²) in [5.74, 6) is 0.953. The molecule has 1 spiro atoms. The van der Waals surface area contributed by atoms with E-state index in [1.807, 2.05) is 18.9 Å². The molecule has 3 aromatic rings. The number of rotatable bonds is 4. The Hall–Kier alpha value is -3.89. The van der Waals surface area contributed by atoms with Gasteiger partial charge in [-0.1, -0.05) is 6.42 Å². The number of hydrogen-bond donors (Lipinski definition) is 3. The van der Waals surface area contributed by atoms with Crippen LogP contribution in [0.4, 0.5) is 23.3 Å². The maximum atomic E-state index is 13.8. The number of fused-ring (bicyclic) bond motifs is 2. The van der Waals surface area contributed by atoms with E-state index in [9.17, 15) is 9.59 Å². The number of carbonyl (C=O) groups excluding carboxylic acids is 1. The molecule has 11 heteroatoms. The molecular formula is C22H27N9O2. The van der Waals surface area contributed by atoms with Crippen molar-refractivity contribution in [2.75, 3.05) is 16.8 Å². The molecule has 0 saturated heterocycles. The summed E-state index contributed by atoms with van der Waals surface area (Å²) in [6, 6.07) is 3.26. The van der Waals surface area contributed by atoms with Crippen LogP contribution in [0.5, 0.6) is 0 Å². The first kappa shape index (κ1) is 21.0. The van der Waals surface area contributed by atoms with Crippen molar-refractivity contribution in [3.05, 3.63) is 52.0 Å². The maximum Gasteiger partial charge on any atom is 0.276 e. The number of nitrogens with two attached hydrogens (primary N) is 2. The molecule has 1 fully saturated rings. The van der Waals surface area contributed by atoms with Gasteiger partial charge < -0.3 is 26.3 Å². The molecule has 0 radical (unpaired) electrons. The van der Waals surface area contributed by atoms with Gasteiger partial charge >= 0.3 is 0 Å². The number of hydrogen-bond acceptors (Lipinski definition) is 8. The minimum absolute atomic E-state index is 0.149. The Kier molecular flexibility index (Phi) is 4.84. The number of nitrogen functional groups attached to an aromatic ring is 2. The first-order chi connectivity index (χ1) is 15.8. The minimum Gasteiger partial charge on any atom is -0.384 e. The van der Waals surface area contributed by atoms with E-state index in [2.05, 4.69) is 20.3 Å². The smallest absolute Gasteiger partial charge is 0.276 e. The molecule has 0 atom stereocenters. The van der Waals surface area contributed by atoms with Gasteiger partial charge in [-0.25, -0.2) is 15.0 Å². The van der Waals surface area contributed by atoms with E-state index in [-0.39, 0.29) is 11.5 Å². The molecule has 1 saturated carbocycles. The molecule has 3 aromatic heterocycles. The molecule has 172 valence electrons. The van der Waals surface area contributed by atoms with E-state index in [4.69, 9.17) is 11.5 Å². The highest BCUT2D eigenvalue weighted by molar-refractivity contribution is 5.97. The van der Waals surface area contributed by atoms with Gasteiger partial charge in [-0.3, -0.25) is 14.2 Å². The summed E-state index contributed by atoms with van der Waals surface area (Å²) in [6.45, 7) is 2.18. The largest absolute Gasteiger partial charge is 0.384 e. The molecule has 4 heterocycles. The second kappa shape index (κ2) is 7.61. The predicted octanol–water partition coefficient (Wildman–Crippen LogP) is 1.86. The lowest BCUT2D eigenvalue weighted by atomic mass is 9.87. The van der Waals surface area contributed by atoms with E-state index < -0.39 is 5.66 Å². The molecule has 0 aromatic carbocycles. The van der Waals surface area contributed by atoms with Crippen LogP contribution in [0.25, 0.3) is 0 Å². The average Bonchev–Trinajstić information content (AvgIpc) is 3.22. The van der Waals surface area contributed by atoms with Crippen LogP contribution in [0, 0.1) is 6.92 Å². The minimum atomic E-state index is -0.728. The fourth-order valence-electron chi connectivity index (χ4n) is 5.11. The predicted molar refractivity (Wildman–Crippen MR) is 124 cm³/mol. The topological polar surface area (TPSA) is 150 Å². The first-order valence-corrected chi connectivity index (χ1v) is 11.0. The number of amides is 1. The highest BCUT2D eigenvalue weighted by atomic mass is 16.2. The second-order valence-electron chi connectivity index (χ2n) is 8.78. The third-order valence-corrected chi connectivity index (χ3v) is 6.80. The second-order valence-corrected chi connectivity index (χ2v) is 8.78. The first-order valence-electron chi connectivity index (χ1n) is 11.0. The summed E-state index contributed by atoms with van der Waals surface area (Å²) in [7, 11) is 1.83. The Balaban J connectivity index is 1.64. The van der Waals surface area contributed by atoms with Crippen molar-refractivity contribution in [2.24, 2.45) is 7.05 Å². The van der Waals surface area contributed by atoms with Gasteiger partial charge in [0, 0.05) is 13.1 Å². The molecule has 5 N–H and O–H groups in total. The normalized spacial score (nSPS) is 16.9. The third-order valence-electron chi connectivity index (χ3n) is 6.80. The van der Waals surface area contributed by atoms with Crippen molar-refractivity contribution in [1.82, 2.24) is 29.0 Å². The zero-order valence-corrected chi connectivity index (χ0v) is 18.7. The fraction of sp³-hybridized carbons (Fsp3) is 0.409. The van der Waals surface area contributed by atoms with Crippen LogP contribution >= 0.6 is 0 Å². The van der Waals surface area contributed by atoms with Gasteiger partial charge in [0.05, 0.1) is 18.4 Å². The highest BCUT2D eigenvalue weighted by Crippen LogP contribution is 2.44. The molecule has 5 rings (SSSR count). The van der Waals surface area contributed by atoms with Crippen LogP contribution in [0.1, 0.15) is 53.8 Å². The summed E-state index contributed by atoms with van der Waals surface area (Å²) in [6.07, 6.45) is 7.38. The number of nitrogens with zero attached hydrogens (tertiary/aromatic N) is 6. The Morgan fingerprint density at radius 3 is 2.52 bits per heavy atom. The molecule has 1 amide bonds. The Morgan fingerprint density at radius 1 is 1.09 bits per heavy atom. The number of nitrogens with one attached hydrogen (secondary N) is 1. The van der Waals surface area contributed by atoms with Gasteiger partial charge in [-0.2, -0.15) is 0 Å². The van der Waals surface area contributed by atoms with Gasteiger partial charge in [0.1, 0.15) is 35.0 Å². The van der Waals surface area contributed by atoms with Crippen LogP contribution in [0.3, 0.4) is 0 Å². The van der Waals surface area contributed by atoms with Crippen LogP contribution in [-0.2, 0) is 19.3 Å². The lowest BCUT2D eigenvalue weighted by molar-refractivity contribution is 0.00749.